The average molecular weight is 313 g/mol. The van der Waals surface area contributed by atoms with Gasteiger partial charge in [-0.2, -0.15) is 0 Å². The van der Waals surface area contributed by atoms with Crippen LogP contribution < -0.4 is 0 Å². The van der Waals surface area contributed by atoms with Crippen LogP contribution in [0.2, 0.25) is 0 Å². The summed E-state index contributed by atoms with van der Waals surface area (Å²) < 4.78 is 14.7. The predicted molar refractivity (Wildman–Crippen MR) is 70.6 cm³/mol. The fourth-order valence-corrected chi connectivity index (χ4v) is 2.44. The maximum atomic E-state index is 13.7. The summed E-state index contributed by atoms with van der Waals surface area (Å²) in [4.78, 5) is 1.54. The minimum atomic E-state index is -0.301. The summed E-state index contributed by atoms with van der Waals surface area (Å²) in [6, 6.07) is 12.5. The molecule has 0 fully saturated rings. The first-order chi connectivity index (χ1) is 8.19. The molecule has 0 unspecified atom stereocenters. The monoisotopic (exact) mass is 312 g/mol. The van der Waals surface area contributed by atoms with E-state index in [-0.39, 0.29) is 12.4 Å². The van der Waals surface area contributed by atoms with Crippen LogP contribution in [0.5, 0.6) is 0 Å². The SMILES string of the molecule is OCc1ccc(Sc2ccc(Br)cc2)c(F)c1. The van der Waals surface area contributed by atoms with Gasteiger partial charge in [0.1, 0.15) is 5.82 Å². The molecule has 0 aliphatic carbocycles. The van der Waals surface area contributed by atoms with Crippen molar-refractivity contribution in [1.29, 1.82) is 0 Å². The quantitative estimate of drug-likeness (QED) is 0.915. The molecule has 1 N–H and O–H groups in total. The molecule has 0 aliphatic rings. The number of aliphatic hydroxyl groups excluding tert-OH is 1. The van der Waals surface area contributed by atoms with Gasteiger partial charge >= 0.3 is 0 Å². The Labute approximate surface area is 112 Å². The van der Waals surface area contributed by atoms with Gasteiger partial charge in [-0.25, -0.2) is 4.39 Å². The number of hydrogen-bond donors (Lipinski definition) is 1. The van der Waals surface area contributed by atoms with E-state index in [0.29, 0.717) is 10.5 Å². The third-order valence-electron chi connectivity index (χ3n) is 2.22. The highest BCUT2D eigenvalue weighted by Crippen LogP contribution is 2.30. The summed E-state index contributed by atoms with van der Waals surface area (Å²) in [5.41, 5.74) is 0.586. The lowest BCUT2D eigenvalue weighted by atomic mass is 10.2. The van der Waals surface area contributed by atoms with Crippen LogP contribution in [0.15, 0.2) is 56.7 Å². The molecule has 88 valence electrons. The number of aliphatic hydroxyl groups is 1. The molecule has 0 radical (unpaired) electrons. The van der Waals surface area contributed by atoms with Crippen molar-refractivity contribution in [2.24, 2.45) is 0 Å². The molecular formula is C13H10BrFOS. The van der Waals surface area contributed by atoms with Gasteiger partial charge in [-0.1, -0.05) is 33.8 Å². The minimum Gasteiger partial charge on any atom is -0.392 e. The van der Waals surface area contributed by atoms with Crippen molar-refractivity contribution in [1.82, 2.24) is 0 Å². The molecule has 2 rings (SSSR count). The molecule has 0 spiro atoms. The van der Waals surface area contributed by atoms with E-state index in [0.717, 1.165) is 9.37 Å². The molecule has 0 saturated heterocycles. The number of benzene rings is 2. The van der Waals surface area contributed by atoms with Crippen LogP contribution in [0.25, 0.3) is 0 Å². The lowest BCUT2D eigenvalue weighted by molar-refractivity contribution is 0.281. The van der Waals surface area contributed by atoms with E-state index in [1.54, 1.807) is 12.1 Å². The van der Waals surface area contributed by atoms with Crippen molar-refractivity contribution in [3.05, 3.63) is 58.3 Å². The Morgan fingerprint density at radius 3 is 2.41 bits per heavy atom. The summed E-state index contributed by atoms with van der Waals surface area (Å²) >= 11 is 4.72. The van der Waals surface area contributed by atoms with E-state index >= 15 is 0 Å². The summed E-state index contributed by atoms with van der Waals surface area (Å²) in [6.07, 6.45) is 0. The van der Waals surface area contributed by atoms with Gasteiger partial charge in [0.15, 0.2) is 0 Å². The molecule has 2 aromatic rings. The number of hydrogen-bond acceptors (Lipinski definition) is 2. The second kappa shape index (κ2) is 5.67. The van der Waals surface area contributed by atoms with Gasteiger partial charge in [-0.05, 0) is 42.0 Å². The van der Waals surface area contributed by atoms with Gasteiger partial charge in [0.05, 0.1) is 6.61 Å². The largest absolute Gasteiger partial charge is 0.392 e. The normalized spacial score (nSPS) is 10.5. The van der Waals surface area contributed by atoms with Crippen molar-refractivity contribution < 1.29 is 9.50 Å². The van der Waals surface area contributed by atoms with E-state index in [2.05, 4.69) is 15.9 Å². The van der Waals surface area contributed by atoms with E-state index in [1.807, 2.05) is 24.3 Å². The maximum Gasteiger partial charge on any atom is 0.137 e. The van der Waals surface area contributed by atoms with Crippen LogP contribution >= 0.6 is 27.7 Å². The molecule has 0 aliphatic heterocycles. The average Bonchev–Trinajstić information content (AvgIpc) is 2.34. The van der Waals surface area contributed by atoms with Crippen molar-refractivity contribution >= 4 is 27.7 Å². The molecule has 0 saturated carbocycles. The first-order valence-electron chi connectivity index (χ1n) is 5.02. The van der Waals surface area contributed by atoms with Crippen LogP contribution in [0.3, 0.4) is 0 Å². The fraction of sp³-hybridized carbons (Fsp3) is 0.0769. The van der Waals surface area contributed by atoms with Gasteiger partial charge in [-0.15, -0.1) is 0 Å². The summed E-state index contributed by atoms with van der Waals surface area (Å²) in [7, 11) is 0. The van der Waals surface area contributed by atoms with Crippen LogP contribution in [0.1, 0.15) is 5.56 Å². The van der Waals surface area contributed by atoms with E-state index in [4.69, 9.17) is 5.11 Å². The number of rotatable bonds is 3. The highest BCUT2D eigenvalue weighted by molar-refractivity contribution is 9.10. The first kappa shape index (κ1) is 12.6. The van der Waals surface area contributed by atoms with Gasteiger partial charge < -0.3 is 5.11 Å². The van der Waals surface area contributed by atoms with Gasteiger partial charge in [0, 0.05) is 14.3 Å². The highest BCUT2D eigenvalue weighted by Gasteiger charge is 2.05. The Balaban J connectivity index is 2.21. The lowest BCUT2D eigenvalue weighted by Gasteiger charge is -2.05. The highest BCUT2D eigenvalue weighted by atomic mass is 79.9. The molecule has 2 aromatic carbocycles. The van der Waals surface area contributed by atoms with Crippen LogP contribution in [-0.4, -0.2) is 5.11 Å². The van der Waals surface area contributed by atoms with Crippen LogP contribution in [0.4, 0.5) is 4.39 Å². The van der Waals surface area contributed by atoms with Crippen LogP contribution in [0, 0.1) is 5.82 Å². The molecule has 0 aromatic heterocycles. The molecular weight excluding hydrogens is 303 g/mol. The molecule has 4 heteroatoms. The predicted octanol–water partition coefficient (Wildman–Crippen LogP) is 4.23. The second-order valence-corrected chi connectivity index (χ2v) is 5.51. The second-order valence-electron chi connectivity index (χ2n) is 3.48. The fourth-order valence-electron chi connectivity index (χ4n) is 1.36. The molecule has 0 amide bonds. The third-order valence-corrected chi connectivity index (χ3v) is 3.81. The van der Waals surface area contributed by atoms with Crippen LogP contribution in [-0.2, 0) is 6.61 Å². The Bertz CT molecular complexity index is 513. The Hall–Kier alpha value is -0.840. The number of halogens is 2. The summed E-state index contributed by atoms with van der Waals surface area (Å²) in [5.74, 6) is -0.301. The molecule has 17 heavy (non-hydrogen) atoms. The summed E-state index contributed by atoms with van der Waals surface area (Å²) in [6.45, 7) is -0.139. The topological polar surface area (TPSA) is 20.2 Å². The minimum absolute atomic E-state index is 0.139. The van der Waals surface area contributed by atoms with Crippen molar-refractivity contribution in [3.8, 4) is 0 Å². The maximum absolute atomic E-state index is 13.7. The van der Waals surface area contributed by atoms with Gasteiger partial charge in [0.2, 0.25) is 0 Å². The molecule has 0 heterocycles. The Kier molecular flexibility index (Phi) is 4.20. The standard InChI is InChI=1S/C13H10BrFOS/c14-10-2-4-11(5-3-10)17-13-6-1-9(8-16)7-12(13)15/h1-7,16H,8H2. The molecule has 0 bridgehead atoms. The van der Waals surface area contributed by atoms with Crippen molar-refractivity contribution in [3.63, 3.8) is 0 Å². The van der Waals surface area contributed by atoms with E-state index in [1.165, 1.54) is 17.8 Å². The Morgan fingerprint density at radius 1 is 1.12 bits per heavy atom. The first-order valence-corrected chi connectivity index (χ1v) is 6.62. The molecule has 0 atom stereocenters. The Morgan fingerprint density at radius 2 is 1.82 bits per heavy atom. The summed E-state index contributed by atoms with van der Waals surface area (Å²) in [5, 5.41) is 8.89. The zero-order valence-electron chi connectivity index (χ0n) is 8.86. The zero-order valence-corrected chi connectivity index (χ0v) is 11.3. The van der Waals surface area contributed by atoms with E-state index in [9.17, 15) is 4.39 Å². The zero-order chi connectivity index (χ0) is 12.3. The molecule has 1 nitrogen and oxygen atoms in total. The van der Waals surface area contributed by atoms with E-state index < -0.39 is 0 Å². The van der Waals surface area contributed by atoms with Crippen molar-refractivity contribution in [2.45, 2.75) is 16.4 Å². The van der Waals surface area contributed by atoms with Crippen molar-refractivity contribution in [2.75, 3.05) is 0 Å². The van der Waals surface area contributed by atoms with Gasteiger partial charge in [-0.3, -0.25) is 0 Å². The third kappa shape index (κ3) is 3.31. The van der Waals surface area contributed by atoms with Gasteiger partial charge in [0.25, 0.3) is 0 Å². The lowest BCUT2D eigenvalue weighted by Crippen LogP contribution is -1.87. The smallest absolute Gasteiger partial charge is 0.137 e.